The lowest BCUT2D eigenvalue weighted by Gasteiger charge is -2.28. The van der Waals surface area contributed by atoms with E-state index in [4.69, 9.17) is 11.6 Å². The van der Waals surface area contributed by atoms with Crippen molar-refractivity contribution in [1.29, 1.82) is 0 Å². The third-order valence-corrected chi connectivity index (χ3v) is 4.37. The van der Waals surface area contributed by atoms with Crippen LogP contribution < -0.4 is 0 Å². The molecule has 0 radical (unpaired) electrons. The second-order valence-electron chi connectivity index (χ2n) is 6.84. The van der Waals surface area contributed by atoms with Gasteiger partial charge in [-0.05, 0) is 31.9 Å². The summed E-state index contributed by atoms with van der Waals surface area (Å²) in [5, 5.41) is 0.397. The highest BCUT2D eigenvalue weighted by molar-refractivity contribution is 6.29. The Labute approximate surface area is 132 Å². The normalized spacial score (nSPS) is 16.2. The van der Waals surface area contributed by atoms with Crippen molar-refractivity contribution in [2.45, 2.75) is 64.8 Å². The zero-order valence-corrected chi connectivity index (χ0v) is 14.2. The van der Waals surface area contributed by atoms with Crippen molar-refractivity contribution in [2.24, 2.45) is 0 Å². The fourth-order valence-electron chi connectivity index (χ4n) is 2.95. The van der Waals surface area contributed by atoms with Crippen molar-refractivity contribution >= 4 is 17.5 Å². The number of carbonyl (C=O) groups excluding carboxylic acids is 1. The molecule has 0 aliphatic heterocycles. The Kier molecular flexibility index (Phi) is 4.92. The molecule has 0 atom stereocenters. The van der Waals surface area contributed by atoms with Crippen LogP contribution >= 0.6 is 11.6 Å². The van der Waals surface area contributed by atoms with Gasteiger partial charge in [-0.2, -0.15) is 0 Å². The van der Waals surface area contributed by atoms with Gasteiger partial charge in [0.15, 0.2) is 0 Å². The molecule has 1 amide bonds. The molecule has 1 saturated carbocycles. The minimum Gasteiger partial charge on any atom is -0.336 e. The van der Waals surface area contributed by atoms with Crippen molar-refractivity contribution in [1.82, 2.24) is 9.88 Å². The van der Waals surface area contributed by atoms with E-state index >= 15 is 0 Å². The molecule has 0 spiro atoms. The fourth-order valence-corrected chi connectivity index (χ4v) is 3.16. The lowest BCUT2D eigenvalue weighted by molar-refractivity contribution is 0.0693. The van der Waals surface area contributed by atoms with E-state index in [1.54, 1.807) is 6.07 Å². The Balaban J connectivity index is 2.31. The molecule has 4 heteroatoms. The van der Waals surface area contributed by atoms with Gasteiger partial charge in [-0.15, -0.1) is 0 Å². The van der Waals surface area contributed by atoms with Crippen LogP contribution in [0.15, 0.2) is 12.1 Å². The predicted molar refractivity (Wildman–Crippen MR) is 86.9 cm³/mol. The van der Waals surface area contributed by atoms with Crippen LogP contribution in [0.2, 0.25) is 5.15 Å². The summed E-state index contributed by atoms with van der Waals surface area (Å²) in [6, 6.07) is 3.97. The summed E-state index contributed by atoms with van der Waals surface area (Å²) < 4.78 is 0. The molecule has 3 nitrogen and oxygen atoms in total. The highest BCUT2D eigenvalue weighted by Gasteiger charge is 2.27. The number of halogens is 1. The number of amides is 1. The van der Waals surface area contributed by atoms with Crippen LogP contribution in [0, 0.1) is 0 Å². The number of rotatable bonds is 3. The summed E-state index contributed by atoms with van der Waals surface area (Å²) >= 11 is 6.13. The molecule has 1 aliphatic carbocycles. The van der Waals surface area contributed by atoms with Gasteiger partial charge in [-0.25, -0.2) is 4.98 Å². The Hall–Kier alpha value is -1.09. The molecule has 0 bridgehead atoms. The zero-order chi connectivity index (χ0) is 15.6. The van der Waals surface area contributed by atoms with Crippen molar-refractivity contribution < 1.29 is 4.79 Å². The molecular weight excluding hydrogens is 284 g/mol. The quantitative estimate of drug-likeness (QED) is 0.774. The van der Waals surface area contributed by atoms with Crippen LogP contribution in [0.5, 0.6) is 0 Å². The first-order chi connectivity index (χ1) is 9.82. The SMILES string of the molecule is CCN(C(=O)c1cc(Cl)nc(C(C)(C)C)c1)C1CCCC1. The summed E-state index contributed by atoms with van der Waals surface area (Å²) in [6.45, 7) is 9.02. The smallest absolute Gasteiger partial charge is 0.254 e. The van der Waals surface area contributed by atoms with Gasteiger partial charge in [0, 0.05) is 29.3 Å². The molecule has 21 heavy (non-hydrogen) atoms. The Bertz CT molecular complexity index is 516. The van der Waals surface area contributed by atoms with Gasteiger partial charge >= 0.3 is 0 Å². The Morgan fingerprint density at radius 3 is 2.48 bits per heavy atom. The summed E-state index contributed by atoms with van der Waals surface area (Å²) in [4.78, 5) is 19.2. The molecular formula is C17H25ClN2O. The summed E-state index contributed by atoms with van der Waals surface area (Å²) in [5.74, 6) is 0.0826. The molecule has 1 aromatic rings. The van der Waals surface area contributed by atoms with E-state index in [2.05, 4.69) is 25.8 Å². The standard InChI is InChI=1S/C17H25ClN2O/c1-5-20(13-8-6-7-9-13)16(21)12-10-14(17(2,3)4)19-15(18)11-12/h10-11,13H,5-9H2,1-4H3. The zero-order valence-electron chi connectivity index (χ0n) is 13.4. The second-order valence-corrected chi connectivity index (χ2v) is 7.23. The van der Waals surface area contributed by atoms with Gasteiger partial charge in [-0.1, -0.05) is 45.2 Å². The summed E-state index contributed by atoms with van der Waals surface area (Å²) in [6.07, 6.45) is 4.67. The molecule has 2 rings (SSSR count). The van der Waals surface area contributed by atoms with Crippen molar-refractivity contribution in [3.05, 3.63) is 28.5 Å². The number of carbonyl (C=O) groups is 1. The van der Waals surface area contributed by atoms with E-state index in [1.165, 1.54) is 12.8 Å². The van der Waals surface area contributed by atoms with Crippen molar-refractivity contribution in [3.8, 4) is 0 Å². The molecule has 1 heterocycles. The van der Waals surface area contributed by atoms with E-state index in [-0.39, 0.29) is 11.3 Å². The maximum Gasteiger partial charge on any atom is 0.254 e. The third kappa shape index (κ3) is 3.76. The first-order valence-electron chi connectivity index (χ1n) is 7.82. The topological polar surface area (TPSA) is 33.2 Å². The average molecular weight is 309 g/mol. The van der Waals surface area contributed by atoms with Gasteiger partial charge in [-0.3, -0.25) is 4.79 Å². The minimum atomic E-state index is -0.121. The molecule has 1 aliphatic rings. The van der Waals surface area contributed by atoms with Gasteiger partial charge < -0.3 is 4.90 Å². The van der Waals surface area contributed by atoms with E-state index in [1.807, 2.05) is 17.9 Å². The molecule has 0 saturated heterocycles. The molecule has 0 unspecified atom stereocenters. The first kappa shape index (κ1) is 16.3. The maximum atomic E-state index is 12.8. The van der Waals surface area contributed by atoms with Crippen LogP contribution in [0.1, 0.15) is 69.4 Å². The lowest BCUT2D eigenvalue weighted by Crippen LogP contribution is -2.38. The van der Waals surface area contributed by atoms with Crippen LogP contribution in [0.4, 0.5) is 0 Å². The van der Waals surface area contributed by atoms with E-state index in [9.17, 15) is 4.79 Å². The predicted octanol–water partition coefficient (Wildman–Crippen LogP) is 4.44. The summed E-state index contributed by atoms with van der Waals surface area (Å²) in [5.41, 5.74) is 1.40. The molecule has 0 aromatic carbocycles. The Morgan fingerprint density at radius 2 is 1.95 bits per heavy atom. The number of hydrogen-bond acceptors (Lipinski definition) is 2. The molecule has 0 N–H and O–H groups in total. The monoisotopic (exact) mass is 308 g/mol. The minimum absolute atomic E-state index is 0.0826. The van der Waals surface area contributed by atoms with Gasteiger partial charge in [0.25, 0.3) is 5.91 Å². The largest absolute Gasteiger partial charge is 0.336 e. The first-order valence-corrected chi connectivity index (χ1v) is 8.19. The van der Waals surface area contributed by atoms with Gasteiger partial charge in [0.05, 0.1) is 0 Å². The third-order valence-electron chi connectivity index (χ3n) is 4.18. The average Bonchev–Trinajstić information content (AvgIpc) is 2.91. The van der Waals surface area contributed by atoms with Crippen LogP contribution in [0.3, 0.4) is 0 Å². The van der Waals surface area contributed by atoms with E-state index in [0.29, 0.717) is 16.8 Å². The van der Waals surface area contributed by atoms with Crippen LogP contribution in [-0.2, 0) is 5.41 Å². The number of hydrogen-bond donors (Lipinski definition) is 0. The second kappa shape index (κ2) is 6.35. The van der Waals surface area contributed by atoms with Gasteiger partial charge in [0.2, 0.25) is 0 Å². The molecule has 1 fully saturated rings. The maximum absolute atomic E-state index is 12.8. The van der Waals surface area contributed by atoms with Gasteiger partial charge in [0.1, 0.15) is 5.15 Å². The van der Waals surface area contributed by atoms with E-state index in [0.717, 1.165) is 25.1 Å². The molecule has 1 aromatic heterocycles. The number of pyridine rings is 1. The fraction of sp³-hybridized carbons (Fsp3) is 0.647. The van der Waals surface area contributed by atoms with Crippen molar-refractivity contribution in [2.75, 3.05) is 6.54 Å². The lowest BCUT2D eigenvalue weighted by atomic mass is 9.90. The van der Waals surface area contributed by atoms with Crippen molar-refractivity contribution in [3.63, 3.8) is 0 Å². The number of aromatic nitrogens is 1. The van der Waals surface area contributed by atoms with E-state index < -0.39 is 0 Å². The molecule has 116 valence electrons. The number of nitrogens with zero attached hydrogens (tertiary/aromatic N) is 2. The highest BCUT2D eigenvalue weighted by atomic mass is 35.5. The Morgan fingerprint density at radius 1 is 1.33 bits per heavy atom. The summed E-state index contributed by atoms with van der Waals surface area (Å²) in [7, 11) is 0. The van der Waals surface area contributed by atoms with Crippen LogP contribution in [0.25, 0.3) is 0 Å². The highest BCUT2D eigenvalue weighted by Crippen LogP contribution is 2.27. The van der Waals surface area contributed by atoms with Crippen LogP contribution in [-0.4, -0.2) is 28.4 Å².